The van der Waals surface area contributed by atoms with Crippen LogP contribution >= 0.6 is 27.5 Å². The minimum atomic E-state index is -0.178. The second-order valence-corrected chi connectivity index (χ2v) is 6.79. The van der Waals surface area contributed by atoms with E-state index in [9.17, 15) is 4.79 Å². The van der Waals surface area contributed by atoms with Crippen molar-refractivity contribution in [3.63, 3.8) is 0 Å². The van der Waals surface area contributed by atoms with Gasteiger partial charge in [0.15, 0.2) is 0 Å². The molecule has 0 fully saturated rings. The third kappa shape index (κ3) is 4.79. The third-order valence-electron chi connectivity index (χ3n) is 2.95. The van der Waals surface area contributed by atoms with Gasteiger partial charge in [-0.2, -0.15) is 0 Å². The summed E-state index contributed by atoms with van der Waals surface area (Å²) in [6.07, 6.45) is 0.527. The number of hydrogen-bond donors (Lipinski definition) is 2. The molecule has 1 rings (SSSR count). The molecule has 0 aliphatic rings. The lowest BCUT2D eigenvalue weighted by Crippen LogP contribution is -2.44. The first-order valence-corrected chi connectivity index (χ1v) is 7.29. The van der Waals surface area contributed by atoms with E-state index in [2.05, 4.69) is 21.2 Å². The normalized spacial score (nSPS) is 13.2. The quantitative estimate of drug-likeness (QED) is 0.873. The summed E-state index contributed by atoms with van der Waals surface area (Å²) in [7, 11) is 0. The summed E-state index contributed by atoms with van der Waals surface area (Å²) in [5, 5.41) is 12.5. The van der Waals surface area contributed by atoms with Crippen LogP contribution in [0.1, 0.15) is 37.6 Å². The maximum atomic E-state index is 12.2. The summed E-state index contributed by atoms with van der Waals surface area (Å²) in [5.74, 6) is -0.178. The molecule has 0 bridgehead atoms. The molecule has 19 heavy (non-hydrogen) atoms. The molecule has 2 N–H and O–H groups in total. The highest BCUT2D eigenvalue weighted by atomic mass is 79.9. The minimum absolute atomic E-state index is 0.0450. The van der Waals surface area contributed by atoms with Crippen LogP contribution in [0, 0.1) is 5.41 Å². The lowest BCUT2D eigenvalue weighted by molar-refractivity contribution is 0.0885. The molecule has 5 heteroatoms. The molecule has 1 amide bonds. The number of halogens is 2. The number of carbonyl (C=O) groups is 1. The number of rotatable bonds is 4. The van der Waals surface area contributed by atoms with Crippen LogP contribution in [0.4, 0.5) is 0 Å². The minimum Gasteiger partial charge on any atom is -0.396 e. The van der Waals surface area contributed by atoms with E-state index in [1.807, 2.05) is 20.8 Å². The highest BCUT2D eigenvalue weighted by Gasteiger charge is 2.26. The number of carbonyl (C=O) groups excluding carboxylic acids is 1. The maximum Gasteiger partial charge on any atom is 0.251 e. The summed E-state index contributed by atoms with van der Waals surface area (Å²) in [4.78, 5) is 12.2. The van der Waals surface area contributed by atoms with E-state index in [4.69, 9.17) is 16.7 Å². The van der Waals surface area contributed by atoms with Crippen LogP contribution < -0.4 is 5.32 Å². The molecule has 3 nitrogen and oxygen atoms in total. The van der Waals surface area contributed by atoms with Crippen molar-refractivity contribution in [2.45, 2.75) is 33.2 Å². The van der Waals surface area contributed by atoms with Gasteiger partial charge in [0.05, 0.1) is 5.02 Å². The lowest BCUT2D eigenvalue weighted by atomic mass is 9.85. The van der Waals surface area contributed by atoms with E-state index in [-0.39, 0.29) is 24.0 Å². The van der Waals surface area contributed by atoms with Crippen LogP contribution in [0.3, 0.4) is 0 Å². The van der Waals surface area contributed by atoms with Crippen LogP contribution in [-0.2, 0) is 0 Å². The smallest absolute Gasteiger partial charge is 0.251 e. The summed E-state index contributed by atoms with van der Waals surface area (Å²) in [5.41, 5.74) is 0.401. The Labute approximate surface area is 127 Å². The van der Waals surface area contributed by atoms with Crippen molar-refractivity contribution in [2.75, 3.05) is 6.61 Å². The van der Waals surface area contributed by atoms with Crippen molar-refractivity contribution in [2.24, 2.45) is 5.41 Å². The standard InChI is InChI=1S/C14H19BrClNO2/c1-14(2,3)12(6-7-18)17-13(19)9-4-5-10(15)11(16)8-9/h4-5,8,12,18H,6-7H2,1-3H3,(H,17,19). The molecule has 1 aromatic rings. The fourth-order valence-corrected chi connectivity index (χ4v) is 2.16. The van der Waals surface area contributed by atoms with E-state index in [0.717, 1.165) is 4.47 Å². The fraction of sp³-hybridized carbons (Fsp3) is 0.500. The van der Waals surface area contributed by atoms with Gasteiger partial charge < -0.3 is 10.4 Å². The van der Waals surface area contributed by atoms with E-state index in [1.165, 1.54) is 0 Å². The predicted molar refractivity (Wildman–Crippen MR) is 81.6 cm³/mol. The van der Waals surface area contributed by atoms with Crippen molar-refractivity contribution in [3.8, 4) is 0 Å². The Morgan fingerprint density at radius 2 is 2.11 bits per heavy atom. The highest BCUT2D eigenvalue weighted by molar-refractivity contribution is 9.10. The van der Waals surface area contributed by atoms with Crippen molar-refractivity contribution >= 4 is 33.4 Å². The number of aliphatic hydroxyl groups excluding tert-OH is 1. The van der Waals surface area contributed by atoms with Gasteiger partial charge in [0.25, 0.3) is 5.91 Å². The van der Waals surface area contributed by atoms with Crippen LogP contribution in [0.2, 0.25) is 5.02 Å². The van der Waals surface area contributed by atoms with Crippen LogP contribution in [0.15, 0.2) is 22.7 Å². The average molecular weight is 349 g/mol. The first-order valence-electron chi connectivity index (χ1n) is 6.12. The van der Waals surface area contributed by atoms with Crippen molar-refractivity contribution in [1.29, 1.82) is 0 Å². The van der Waals surface area contributed by atoms with Crippen LogP contribution in [0.25, 0.3) is 0 Å². The number of nitrogens with one attached hydrogen (secondary N) is 1. The van der Waals surface area contributed by atoms with Gasteiger partial charge in [0, 0.05) is 22.7 Å². The largest absolute Gasteiger partial charge is 0.396 e. The summed E-state index contributed by atoms with van der Waals surface area (Å²) < 4.78 is 0.758. The second kappa shape index (κ2) is 6.73. The Hall–Kier alpha value is -0.580. The van der Waals surface area contributed by atoms with E-state index < -0.39 is 0 Å². The van der Waals surface area contributed by atoms with Gasteiger partial charge in [0.1, 0.15) is 0 Å². The molecule has 1 aromatic carbocycles. The topological polar surface area (TPSA) is 49.3 Å². The zero-order valence-electron chi connectivity index (χ0n) is 11.3. The van der Waals surface area contributed by atoms with Crippen molar-refractivity contribution in [1.82, 2.24) is 5.32 Å². The number of benzene rings is 1. The fourth-order valence-electron chi connectivity index (χ4n) is 1.73. The van der Waals surface area contributed by atoms with Gasteiger partial charge in [-0.1, -0.05) is 32.4 Å². The molecule has 106 valence electrons. The van der Waals surface area contributed by atoms with E-state index in [1.54, 1.807) is 18.2 Å². The molecule has 0 aliphatic carbocycles. The van der Waals surface area contributed by atoms with E-state index in [0.29, 0.717) is 17.0 Å². The van der Waals surface area contributed by atoms with Crippen molar-refractivity contribution in [3.05, 3.63) is 33.3 Å². The Morgan fingerprint density at radius 3 is 2.58 bits per heavy atom. The predicted octanol–water partition coefficient (Wildman–Crippen LogP) is 3.63. The van der Waals surface area contributed by atoms with E-state index >= 15 is 0 Å². The second-order valence-electron chi connectivity index (χ2n) is 5.53. The number of aliphatic hydroxyl groups is 1. The molecule has 1 unspecified atom stereocenters. The Balaban J connectivity index is 2.84. The molecule has 0 spiro atoms. The first-order chi connectivity index (χ1) is 8.75. The van der Waals surface area contributed by atoms with Gasteiger partial charge in [0.2, 0.25) is 0 Å². The average Bonchev–Trinajstić information content (AvgIpc) is 2.30. The zero-order chi connectivity index (χ0) is 14.6. The third-order valence-corrected chi connectivity index (χ3v) is 4.18. The molecule has 0 saturated carbocycles. The molecular weight excluding hydrogens is 330 g/mol. The molecule has 0 aromatic heterocycles. The number of amides is 1. The summed E-state index contributed by atoms with van der Waals surface area (Å²) in [6.45, 7) is 6.13. The molecule has 0 radical (unpaired) electrons. The zero-order valence-corrected chi connectivity index (χ0v) is 13.7. The Bertz CT molecular complexity index is 457. The monoisotopic (exact) mass is 347 g/mol. The Kier molecular flexibility index (Phi) is 5.83. The lowest BCUT2D eigenvalue weighted by Gasteiger charge is -2.31. The summed E-state index contributed by atoms with van der Waals surface area (Å²) >= 11 is 9.27. The molecule has 0 heterocycles. The molecule has 1 atom stereocenters. The van der Waals surface area contributed by atoms with Crippen molar-refractivity contribution < 1.29 is 9.90 Å². The van der Waals surface area contributed by atoms with Crippen LogP contribution in [0.5, 0.6) is 0 Å². The maximum absolute atomic E-state index is 12.2. The van der Waals surface area contributed by atoms with Gasteiger partial charge in [-0.05, 0) is 46.0 Å². The van der Waals surface area contributed by atoms with Gasteiger partial charge in [-0.3, -0.25) is 4.79 Å². The SMILES string of the molecule is CC(C)(C)C(CCO)NC(=O)c1ccc(Br)c(Cl)c1. The highest BCUT2D eigenvalue weighted by Crippen LogP contribution is 2.25. The van der Waals surface area contributed by atoms with Gasteiger partial charge in [-0.25, -0.2) is 0 Å². The van der Waals surface area contributed by atoms with Gasteiger partial charge in [-0.15, -0.1) is 0 Å². The number of hydrogen-bond acceptors (Lipinski definition) is 2. The van der Waals surface area contributed by atoms with Gasteiger partial charge >= 0.3 is 0 Å². The Morgan fingerprint density at radius 1 is 1.47 bits per heavy atom. The molecule has 0 saturated heterocycles. The summed E-state index contributed by atoms with van der Waals surface area (Å²) in [6, 6.07) is 4.99. The molecule has 0 aliphatic heterocycles. The first kappa shape index (κ1) is 16.5. The van der Waals surface area contributed by atoms with Crippen LogP contribution in [-0.4, -0.2) is 23.7 Å². The molecular formula is C14H19BrClNO2.